The van der Waals surface area contributed by atoms with Crippen LogP contribution in [0.5, 0.6) is 5.75 Å². The summed E-state index contributed by atoms with van der Waals surface area (Å²) >= 11 is 6.85. The zero-order valence-corrected chi connectivity index (χ0v) is 19.2. The van der Waals surface area contributed by atoms with Gasteiger partial charge in [-0.25, -0.2) is 8.42 Å². The number of thiophene rings is 1. The molecule has 6 nitrogen and oxygen atoms in total. The monoisotopic (exact) mass is 476 g/mol. The summed E-state index contributed by atoms with van der Waals surface area (Å²) in [6, 6.07) is 16.9. The Labute approximate surface area is 190 Å². The number of rotatable bonds is 5. The number of carbonyl (C=O) groups is 1. The van der Waals surface area contributed by atoms with Gasteiger partial charge in [0.25, 0.3) is 5.91 Å². The van der Waals surface area contributed by atoms with Crippen LogP contribution in [0.4, 0.5) is 5.69 Å². The van der Waals surface area contributed by atoms with Gasteiger partial charge in [-0.15, -0.1) is 11.3 Å². The molecule has 1 saturated heterocycles. The van der Waals surface area contributed by atoms with E-state index in [1.807, 2.05) is 24.3 Å². The molecule has 1 aliphatic rings. The van der Waals surface area contributed by atoms with Crippen molar-refractivity contribution in [2.45, 2.75) is 9.10 Å². The fourth-order valence-electron chi connectivity index (χ4n) is 3.43. The van der Waals surface area contributed by atoms with Gasteiger partial charge in [-0.3, -0.25) is 4.79 Å². The Hall–Kier alpha value is -2.55. The summed E-state index contributed by atoms with van der Waals surface area (Å²) in [7, 11) is -2.04. The highest BCUT2D eigenvalue weighted by Gasteiger charge is 2.26. The fourth-order valence-corrected chi connectivity index (χ4v) is 6.23. The molecule has 4 rings (SSSR count). The van der Waals surface area contributed by atoms with Crippen LogP contribution in [0.2, 0.25) is 5.02 Å². The zero-order valence-electron chi connectivity index (χ0n) is 16.8. The van der Waals surface area contributed by atoms with Crippen LogP contribution in [0.3, 0.4) is 0 Å². The number of anilines is 1. The Kier molecular flexibility index (Phi) is 6.22. The van der Waals surface area contributed by atoms with Gasteiger partial charge < -0.3 is 14.5 Å². The quantitative estimate of drug-likeness (QED) is 0.552. The molecular weight excluding hydrogens is 456 g/mol. The van der Waals surface area contributed by atoms with Crippen molar-refractivity contribution in [1.82, 2.24) is 4.90 Å². The van der Waals surface area contributed by atoms with E-state index in [0.717, 1.165) is 22.8 Å². The molecule has 9 heteroatoms. The molecule has 2 heterocycles. The first-order chi connectivity index (χ1) is 14.9. The summed E-state index contributed by atoms with van der Waals surface area (Å²) in [4.78, 5) is 17.5. The number of nitrogens with zero attached hydrogens (tertiary/aromatic N) is 2. The number of methoxy groups -OCH3 is 1. The second-order valence-electron chi connectivity index (χ2n) is 7.05. The second-order valence-corrected chi connectivity index (χ2v) is 10.8. The lowest BCUT2D eigenvalue weighted by Crippen LogP contribution is -2.48. The lowest BCUT2D eigenvalue weighted by molar-refractivity contribution is 0.0751. The Morgan fingerprint density at radius 2 is 1.58 bits per heavy atom. The summed E-state index contributed by atoms with van der Waals surface area (Å²) in [5.41, 5.74) is 1.08. The van der Waals surface area contributed by atoms with Crippen molar-refractivity contribution in [1.29, 1.82) is 0 Å². The van der Waals surface area contributed by atoms with E-state index in [2.05, 4.69) is 4.90 Å². The highest BCUT2D eigenvalue weighted by Crippen LogP contribution is 2.29. The van der Waals surface area contributed by atoms with Gasteiger partial charge in [-0.2, -0.15) is 0 Å². The van der Waals surface area contributed by atoms with E-state index in [1.165, 1.54) is 30.3 Å². The normalized spacial score (nSPS) is 14.5. The van der Waals surface area contributed by atoms with E-state index >= 15 is 0 Å². The van der Waals surface area contributed by atoms with Crippen LogP contribution < -0.4 is 9.64 Å². The third-order valence-electron chi connectivity index (χ3n) is 5.19. The van der Waals surface area contributed by atoms with Gasteiger partial charge in [-0.1, -0.05) is 11.6 Å². The lowest BCUT2D eigenvalue weighted by Gasteiger charge is -2.36. The lowest BCUT2D eigenvalue weighted by atomic mass is 10.2. The average molecular weight is 477 g/mol. The van der Waals surface area contributed by atoms with Crippen molar-refractivity contribution in [2.75, 3.05) is 38.2 Å². The van der Waals surface area contributed by atoms with Crippen LogP contribution in [0, 0.1) is 0 Å². The topological polar surface area (TPSA) is 66.9 Å². The SMILES string of the molecule is COc1ccc(N2CCN(C(=O)c3ccc(S(=O)(=O)c4ccc(Cl)cc4)s3)CC2)cc1. The van der Waals surface area contributed by atoms with E-state index in [0.29, 0.717) is 36.1 Å². The zero-order chi connectivity index (χ0) is 22.0. The van der Waals surface area contributed by atoms with E-state index in [4.69, 9.17) is 16.3 Å². The predicted molar refractivity (Wildman–Crippen MR) is 122 cm³/mol. The summed E-state index contributed by atoms with van der Waals surface area (Å²) in [5.74, 6) is 0.663. The van der Waals surface area contributed by atoms with Crippen LogP contribution in [0.1, 0.15) is 9.67 Å². The molecule has 2 aromatic carbocycles. The molecule has 31 heavy (non-hydrogen) atoms. The second kappa shape index (κ2) is 8.90. The molecule has 1 amide bonds. The third kappa shape index (κ3) is 4.56. The number of benzene rings is 2. The molecule has 1 fully saturated rings. The van der Waals surface area contributed by atoms with Gasteiger partial charge in [0.2, 0.25) is 9.84 Å². The van der Waals surface area contributed by atoms with Gasteiger partial charge in [0.05, 0.1) is 16.9 Å². The first-order valence-corrected chi connectivity index (χ1v) is 12.3. The number of hydrogen-bond donors (Lipinski definition) is 0. The molecule has 3 aromatic rings. The molecule has 0 radical (unpaired) electrons. The molecule has 162 valence electrons. The van der Waals surface area contributed by atoms with E-state index in [9.17, 15) is 13.2 Å². The minimum absolute atomic E-state index is 0.142. The Morgan fingerprint density at radius 1 is 0.935 bits per heavy atom. The number of amides is 1. The minimum atomic E-state index is -3.68. The van der Waals surface area contributed by atoms with Crippen LogP contribution in [0.25, 0.3) is 0 Å². The van der Waals surface area contributed by atoms with Crippen molar-refractivity contribution in [2.24, 2.45) is 0 Å². The first kappa shape index (κ1) is 21.7. The summed E-state index contributed by atoms with van der Waals surface area (Å²) in [5, 5.41) is 0.467. The van der Waals surface area contributed by atoms with Crippen molar-refractivity contribution >= 4 is 44.4 Å². The molecular formula is C22H21ClN2O4S2. The summed E-state index contributed by atoms with van der Waals surface area (Å²) in [6.07, 6.45) is 0. The maximum absolute atomic E-state index is 12.9. The Bertz CT molecular complexity index is 1170. The van der Waals surface area contributed by atoms with Crippen LogP contribution >= 0.6 is 22.9 Å². The predicted octanol–water partition coefficient (Wildman–Crippen LogP) is 4.21. The number of sulfone groups is 1. The van der Waals surface area contributed by atoms with Gasteiger partial charge in [0, 0.05) is 36.9 Å². The summed E-state index contributed by atoms with van der Waals surface area (Å²) in [6.45, 7) is 2.56. The number of piperazine rings is 1. The van der Waals surface area contributed by atoms with Crippen molar-refractivity contribution in [3.8, 4) is 5.75 Å². The third-order valence-corrected chi connectivity index (χ3v) is 8.77. The molecule has 0 N–H and O–H groups in total. The average Bonchev–Trinajstić information content (AvgIpc) is 3.30. The number of halogens is 1. The van der Waals surface area contributed by atoms with E-state index in [-0.39, 0.29) is 15.0 Å². The molecule has 0 saturated carbocycles. The fraction of sp³-hybridized carbons (Fsp3) is 0.227. The van der Waals surface area contributed by atoms with E-state index < -0.39 is 9.84 Å². The number of ether oxygens (including phenoxy) is 1. The van der Waals surface area contributed by atoms with Gasteiger partial charge in [0.1, 0.15) is 9.96 Å². The smallest absolute Gasteiger partial charge is 0.264 e. The largest absolute Gasteiger partial charge is 0.497 e. The van der Waals surface area contributed by atoms with E-state index in [1.54, 1.807) is 18.1 Å². The highest BCUT2D eigenvalue weighted by molar-refractivity contribution is 7.93. The van der Waals surface area contributed by atoms with Crippen molar-refractivity contribution in [3.05, 3.63) is 70.6 Å². The van der Waals surface area contributed by atoms with Gasteiger partial charge in [-0.05, 0) is 60.7 Å². The molecule has 0 aliphatic carbocycles. The molecule has 1 aliphatic heterocycles. The minimum Gasteiger partial charge on any atom is -0.497 e. The van der Waals surface area contributed by atoms with Gasteiger partial charge >= 0.3 is 0 Å². The number of carbonyl (C=O) groups excluding carboxylic acids is 1. The molecule has 0 unspecified atom stereocenters. The molecule has 0 bridgehead atoms. The number of hydrogen-bond acceptors (Lipinski definition) is 6. The van der Waals surface area contributed by atoms with Crippen LogP contribution in [-0.4, -0.2) is 52.5 Å². The first-order valence-electron chi connectivity index (χ1n) is 9.67. The van der Waals surface area contributed by atoms with Gasteiger partial charge in [0.15, 0.2) is 0 Å². The summed E-state index contributed by atoms with van der Waals surface area (Å²) < 4.78 is 31.0. The van der Waals surface area contributed by atoms with Crippen LogP contribution in [0.15, 0.2) is 69.8 Å². The molecule has 0 atom stereocenters. The standard InChI is InChI=1S/C22H21ClN2O4S2/c1-29-18-6-4-17(5-7-18)24-12-14-25(15-13-24)22(26)20-10-11-21(30-20)31(27,28)19-8-2-16(23)3-9-19/h2-11H,12-15H2,1H3. The molecule has 0 spiro atoms. The van der Waals surface area contributed by atoms with Crippen LogP contribution in [-0.2, 0) is 9.84 Å². The maximum atomic E-state index is 12.9. The highest BCUT2D eigenvalue weighted by atomic mass is 35.5. The molecule has 1 aromatic heterocycles. The van der Waals surface area contributed by atoms with Crippen molar-refractivity contribution in [3.63, 3.8) is 0 Å². The van der Waals surface area contributed by atoms with Crippen molar-refractivity contribution < 1.29 is 17.9 Å². The maximum Gasteiger partial charge on any atom is 0.264 e. The Balaban J connectivity index is 1.43. The Morgan fingerprint density at radius 3 is 2.19 bits per heavy atom.